The van der Waals surface area contributed by atoms with E-state index >= 15 is 0 Å². The Balaban J connectivity index is 1.61. The van der Waals surface area contributed by atoms with Gasteiger partial charge in [0.15, 0.2) is 11.5 Å². The molecule has 0 aromatic heterocycles. The molecule has 4 aliphatic carbocycles. The zero-order chi connectivity index (χ0) is 22.1. The van der Waals surface area contributed by atoms with Gasteiger partial charge in [-0.05, 0) is 79.5 Å². The van der Waals surface area contributed by atoms with E-state index < -0.39 is 5.54 Å². The Morgan fingerprint density at radius 1 is 1.00 bits per heavy atom. The number of hydrogen-bond donors (Lipinski definition) is 1. The van der Waals surface area contributed by atoms with Gasteiger partial charge in [0.1, 0.15) is 0 Å². The summed E-state index contributed by atoms with van der Waals surface area (Å²) in [6, 6.07) is 18.4. The molecule has 1 heterocycles. The van der Waals surface area contributed by atoms with Crippen molar-refractivity contribution in [3.05, 3.63) is 59.7 Å². The quantitative estimate of drug-likeness (QED) is 0.792. The summed E-state index contributed by atoms with van der Waals surface area (Å²) in [6.45, 7) is 0. The van der Waals surface area contributed by atoms with E-state index in [1.54, 1.807) is 7.05 Å². The van der Waals surface area contributed by atoms with Crippen molar-refractivity contribution in [1.29, 1.82) is 5.26 Å². The van der Waals surface area contributed by atoms with Gasteiger partial charge in [-0.25, -0.2) is 4.99 Å². The molecule has 4 fully saturated rings. The molecule has 5 heteroatoms. The molecule has 1 aliphatic heterocycles. The van der Waals surface area contributed by atoms with Gasteiger partial charge in [0.2, 0.25) is 0 Å². The fraction of sp³-hybridized carbons (Fsp3) is 0.444. The lowest BCUT2D eigenvalue weighted by Crippen LogP contribution is -2.59. The number of guanidine groups is 1. The Morgan fingerprint density at radius 3 is 2.16 bits per heavy atom. The SMILES string of the molecule is CN1C(=O)C(c2cc(-c3ccccc3)ccc2C#N)(C23CC4CC(CC(C4)C2)C3)N=C1N. The molecular weight excluding hydrogens is 396 g/mol. The molecule has 0 radical (unpaired) electrons. The fourth-order valence-corrected chi connectivity index (χ4v) is 7.75. The van der Waals surface area contributed by atoms with Crippen LogP contribution in [0.4, 0.5) is 0 Å². The van der Waals surface area contributed by atoms with Crippen molar-refractivity contribution in [1.82, 2.24) is 4.90 Å². The van der Waals surface area contributed by atoms with Crippen molar-refractivity contribution >= 4 is 11.9 Å². The highest BCUT2D eigenvalue weighted by molar-refractivity contribution is 6.08. The predicted octanol–water partition coefficient (Wildman–Crippen LogP) is 4.42. The molecule has 5 nitrogen and oxygen atoms in total. The van der Waals surface area contributed by atoms with Crippen LogP contribution in [0.1, 0.15) is 49.7 Å². The fourth-order valence-electron chi connectivity index (χ4n) is 7.75. The zero-order valence-electron chi connectivity index (χ0n) is 18.4. The molecule has 4 bridgehead atoms. The molecule has 7 rings (SSSR count). The Morgan fingerprint density at radius 2 is 1.62 bits per heavy atom. The van der Waals surface area contributed by atoms with Gasteiger partial charge in [0.25, 0.3) is 5.91 Å². The number of nitrogens with zero attached hydrogens (tertiary/aromatic N) is 3. The third-order valence-electron chi connectivity index (χ3n) is 8.68. The van der Waals surface area contributed by atoms with Gasteiger partial charge in [-0.2, -0.15) is 5.26 Å². The molecule has 0 spiro atoms. The summed E-state index contributed by atoms with van der Waals surface area (Å²) >= 11 is 0. The highest BCUT2D eigenvalue weighted by Gasteiger charge is 2.67. The molecule has 2 aromatic carbocycles. The van der Waals surface area contributed by atoms with Gasteiger partial charge in [0.05, 0.1) is 11.6 Å². The number of amides is 1. The maximum absolute atomic E-state index is 14.1. The van der Waals surface area contributed by atoms with Crippen LogP contribution in [0.5, 0.6) is 0 Å². The number of benzene rings is 2. The van der Waals surface area contributed by atoms with Gasteiger partial charge in [-0.3, -0.25) is 9.69 Å². The first-order valence-electron chi connectivity index (χ1n) is 11.7. The third-order valence-corrected chi connectivity index (χ3v) is 8.68. The van der Waals surface area contributed by atoms with E-state index in [1.807, 2.05) is 36.4 Å². The van der Waals surface area contributed by atoms with Crippen molar-refractivity contribution in [2.45, 2.75) is 44.1 Å². The van der Waals surface area contributed by atoms with Crippen LogP contribution in [0.2, 0.25) is 0 Å². The average molecular weight is 425 g/mol. The van der Waals surface area contributed by atoms with Crippen LogP contribution in [-0.2, 0) is 10.3 Å². The Kier molecular flexibility index (Phi) is 4.08. The van der Waals surface area contributed by atoms with Crippen molar-refractivity contribution in [3.63, 3.8) is 0 Å². The van der Waals surface area contributed by atoms with E-state index in [2.05, 4.69) is 18.2 Å². The van der Waals surface area contributed by atoms with Crippen molar-refractivity contribution < 1.29 is 4.79 Å². The van der Waals surface area contributed by atoms with Crippen molar-refractivity contribution in [3.8, 4) is 17.2 Å². The molecule has 1 atom stereocenters. The molecule has 1 amide bonds. The lowest BCUT2D eigenvalue weighted by molar-refractivity contribution is -0.149. The van der Waals surface area contributed by atoms with Crippen LogP contribution in [0.15, 0.2) is 53.5 Å². The molecule has 0 saturated heterocycles. The number of carbonyl (C=O) groups is 1. The van der Waals surface area contributed by atoms with Crippen LogP contribution in [0, 0.1) is 34.5 Å². The second-order valence-electron chi connectivity index (χ2n) is 10.5. The molecule has 1 unspecified atom stereocenters. The molecule has 5 aliphatic rings. The molecular formula is C27H28N4O. The van der Waals surface area contributed by atoms with Gasteiger partial charge < -0.3 is 5.73 Å². The standard InChI is InChI=1S/C27H28N4O/c1-31-24(32)27(30-25(31)29,26-13-17-9-18(14-26)11-19(10-17)15-26)23-12-21(7-8-22(23)16-28)20-5-3-2-4-6-20/h2-8,12,17-19H,9-11,13-15H2,1H3,(H2,29,30). The van der Waals surface area contributed by atoms with Crippen LogP contribution in [-0.4, -0.2) is 23.8 Å². The van der Waals surface area contributed by atoms with Crippen LogP contribution < -0.4 is 5.73 Å². The lowest BCUT2D eigenvalue weighted by Gasteiger charge is -2.61. The van der Waals surface area contributed by atoms with Crippen LogP contribution in [0.3, 0.4) is 0 Å². The monoisotopic (exact) mass is 424 g/mol. The third kappa shape index (κ3) is 2.50. The Hall–Kier alpha value is -3.13. The number of hydrogen-bond acceptors (Lipinski definition) is 4. The zero-order valence-corrected chi connectivity index (χ0v) is 18.4. The number of nitrogens with two attached hydrogens (primary N) is 1. The smallest absolute Gasteiger partial charge is 0.262 e. The van der Waals surface area contributed by atoms with E-state index in [9.17, 15) is 10.1 Å². The minimum absolute atomic E-state index is 0.0707. The van der Waals surface area contributed by atoms with E-state index in [-0.39, 0.29) is 17.3 Å². The predicted molar refractivity (Wildman–Crippen MR) is 123 cm³/mol. The highest BCUT2D eigenvalue weighted by atomic mass is 16.2. The molecule has 2 aromatic rings. The Bertz CT molecular complexity index is 1140. The topological polar surface area (TPSA) is 82.5 Å². The second kappa shape index (κ2) is 6.68. The van der Waals surface area contributed by atoms with Gasteiger partial charge in [-0.15, -0.1) is 0 Å². The number of nitriles is 1. The molecule has 4 saturated carbocycles. The van der Waals surface area contributed by atoms with Crippen LogP contribution >= 0.6 is 0 Å². The summed E-state index contributed by atoms with van der Waals surface area (Å²) in [5.74, 6) is 2.14. The average Bonchev–Trinajstić information content (AvgIpc) is 3.03. The summed E-state index contributed by atoms with van der Waals surface area (Å²) in [7, 11) is 1.72. The van der Waals surface area contributed by atoms with Gasteiger partial charge >= 0.3 is 0 Å². The van der Waals surface area contributed by atoms with Crippen molar-refractivity contribution in [2.24, 2.45) is 33.9 Å². The highest BCUT2D eigenvalue weighted by Crippen LogP contribution is 2.68. The number of rotatable bonds is 3. The second-order valence-corrected chi connectivity index (χ2v) is 10.5. The normalized spacial score (nSPS) is 35.1. The van der Waals surface area contributed by atoms with E-state index in [4.69, 9.17) is 10.7 Å². The van der Waals surface area contributed by atoms with Gasteiger partial charge in [0, 0.05) is 18.0 Å². The summed E-state index contributed by atoms with van der Waals surface area (Å²) in [5, 5.41) is 10.1. The van der Waals surface area contributed by atoms with Crippen LogP contribution in [0.25, 0.3) is 11.1 Å². The van der Waals surface area contributed by atoms with Gasteiger partial charge in [-0.1, -0.05) is 36.4 Å². The minimum Gasteiger partial charge on any atom is -0.369 e. The maximum atomic E-state index is 14.1. The van der Waals surface area contributed by atoms with E-state index in [0.29, 0.717) is 23.3 Å². The molecule has 32 heavy (non-hydrogen) atoms. The first-order valence-corrected chi connectivity index (χ1v) is 11.7. The number of likely N-dealkylation sites (N-methyl/N-ethyl adjacent to an activating group) is 1. The van der Waals surface area contributed by atoms with E-state index in [1.165, 1.54) is 24.2 Å². The van der Waals surface area contributed by atoms with Crippen molar-refractivity contribution in [2.75, 3.05) is 7.05 Å². The maximum Gasteiger partial charge on any atom is 0.262 e. The lowest BCUT2D eigenvalue weighted by atomic mass is 9.43. The minimum atomic E-state index is -1.11. The molecule has 162 valence electrons. The first-order chi connectivity index (χ1) is 15.5. The summed E-state index contributed by atoms with van der Waals surface area (Å²) in [5.41, 5.74) is 8.26. The summed E-state index contributed by atoms with van der Waals surface area (Å²) in [4.78, 5) is 20.6. The molecule has 2 N–H and O–H groups in total. The summed E-state index contributed by atoms with van der Waals surface area (Å²) in [6.07, 6.45) is 6.80. The number of aliphatic imine (C=N–C) groups is 1. The Labute approximate surface area is 188 Å². The number of carbonyl (C=O) groups excluding carboxylic acids is 1. The van der Waals surface area contributed by atoms with E-state index in [0.717, 1.165) is 36.0 Å². The summed E-state index contributed by atoms with van der Waals surface area (Å²) < 4.78 is 0. The largest absolute Gasteiger partial charge is 0.369 e. The first kappa shape index (κ1) is 19.5.